The van der Waals surface area contributed by atoms with Gasteiger partial charge in [0.1, 0.15) is 5.75 Å². The molecular weight excluding hydrogens is 632 g/mol. The quantitative estimate of drug-likeness (QED) is 0.192. The molecule has 0 fully saturated rings. The largest absolute Gasteiger partial charge is 0.490 e. The molecule has 0 saturated carbocycles. The summed E-state index contributed by atoms with van der Waals surface area (Å²) < 4.78 is 12.7. The third-order valence-electron chi connectivity index (χ3n) is 9.18. The van der Waals surface area contributed by atoms with Crippen LogP contribution in [0.1, 0.15) is 60.7 Å². The Morgan fingerprint density at radius 3 is 2.48 bits per heavy atom. The van der Waals surface area contributed by atoms with E-state index in [9.17, 15) is 19.5 Å². The molecule has 3 N–H and O–H groups in total. The van der Waals surface area contributed by atoms with Crippen molar-refractivity contribution in [3.05, 3.63) is 102 Å². The highest BCUT2D eigenvalue weighted by molar-refractivity contribution is 6.05. The highest BCUT2D eigenvalue weighted by atomic mass is 16.5. The monoisotopic (exact) mass is 680 g/mol. The smallest absolute Gasteiger partial charge is 0.321 e. The summed E-state index contributed by atoms with van der Waals surface area (Å²) in [6.07, 6.45) is 1.81. The van der Waals surface area contributed by atoms with E-state index in [2.05, 4.69) is 10.6 Å². The number of rotatable bonds is 7. The van der Waals surface area contributed by atoms with E-state index in [1.54, 1.807) is 66.2 Å². The van der Waals surface area contributed by atoms with Crippen LogP contribution in [-0.2, 0) is 4.74 Å². The lowest BCUT2D eigenvalue weighted by molar-refractivity contribution is -0.0115. The van der Waals surface area contributed by atoms with Gasteiger partial charge in [-0.2, -0.15) is 0 Å². The second kappa shape index (κ2) is 17.1. The summed E-state index contributed by atoms with van der Waals surface area (Å²) in [6, 6.07) is 26.9. The van der Waals surface area contributed by atoms with Crippen molar-refractivity contribution >= 4 is 40.0 Å². The first kappa shape index (κ1) is 36.4. The van der Waals surface area contributed by atoms with E-state index >= 15 is 0 Å². The average molecular weight is 681 g/mol. The molecule has 1 aliphatic rings. The molecule has 0 spiro atoms. The molecule has 1 heterocycles. The number of nitrogens with zero attached hydrogens (tertiary/aromatic N) is 2. The molecule has 0 radical (unpaired) electrons. The number of carbonyl (C=O) groups excluding carboxylic acids is 3. The molecule has 0 bridgehead atoms. The molecule has 264 valence electrons. The van der Waals surface area contributed by atoms with Crippen LogP contribution in [0.15, 0.2) is 91.0 Å². The maximum absolute atomic E-state index is 14.4. The van der Waals surface area contributed by atoms with Gasteiger partial charge in [0, 0.05) is 49.3 Å². The number of nitrogens with one attached hydrogen (secondary N) is 2. The Hall–Kier alpha value is -4.93. The van der Waals surface area contributed by atoms with E-state index in [0.717, 1.165) is 35.7 Å². The van der Waals surface area contributed by atoms with Crippen molar-refractivity contribution in [3.63, 3.8) is 0 Å². The average Bonchev–Trinajstić information content (AvgIpc) is 3.13. The van der Waals surface area contributed by atoms with Gasteiger partial charge in [0.2, 0.25) is 0 Å². The van der Waals surface area contributed by atoms with Gasteiger partial charge >= 0.3 is 6.03 Å². The van der Waals surface area contributed by atoms with Crippen LogP contribution in [0.2, 0.25) is 0 Å². The number of urea groups is 1. The molecular formula is C40H48N4O6. The molecule has 50 heavy (non-hydrogen) atoms. The minimum Gasteiger partial charge on any atom is -0.490 e. The molecule has 1 aliphatic heterocycles. The summed E-state index contributed by atoms with van der Waals surface area (Å²) in [5.41, 5.74) is 1.96. The van der Waals surface area contributed by atoms with Crippen molar-refractivity contribution in [3.8, 4) is 5.75 Å². The van der Waals surface area contributed by atoms with Gasteiger partial charge in [0.05, 0.1) is 36.1 Å². The summed E-state index contributed by atoms with van der Waals surface area (Å²) >= 11 is 0. The molecule has 5 rings (SSSR count). The Morgan fingerprint density at radius 2 is 1.70 bits per heavy atom. The van der Waals surface area contributed by atoms with Crippen LogP contribution in [0.25, 0.3) is 10.8 Å². The fraction of sp³-hybridized carbons (Fsp3) is 0.375. The zero-order chi connectivity index (χ0) is 35.6. The second-order valence-electron chi connectivity index (χ2n) is 13.2. The van der Waals surface area contributed by atoms with Gasteiger partial charge in [0.15, 0.2) is 0 Å². The fourth-order valence-corrected chi connectivity index (χ4v) is 6.15. The first-order chi connectivity index (χ1) is 24.1. The van der Waals surface area contributed by atoms with E-state index in [4.69, 9.17) is 9.47 Å². The lowest BCUT2D eigenvalue weighted by atomic mass is 10.0. The highest BCUT2D eigenvalue weighted by Gasteiger charge is 2.31. The molecule has 0 saturated heterocycles. The van der Waals surface area contributed by atoms with Gasteiger partial charge in [-0.05, 0) is 74.9 Å². The van der Waals surface area contributed by atoms with Crippen molar-refractivity contribution in [1.29, 1.82) is 0 Å². The van der Waals surface area contributed by atoms with Gasteiger partial charge in [0.25, 0.3) is 11.8 Å². The van der Waals surface area contributed by atoms with Gasteiger partial charge in [-0.25, -0.2) is 4.79 Å². The predicted molar refractivity (Wildman–Crippen MR) is 197 cm³/mol. The molecule has 0 aliphatic carbocycles. The number of anilines is 2. The lowest BCUT2D eigenvalue weighted by Gasteiger charge is -2.35. The zero-order valence-electron chi connectivity index (χ0n) is 29.3. The predicted octanol–water partition coefficient (Wildman–Crippen LogP) is 7.05. The third kappa shape index (κ3) is 9.19. The van der Waals surface area contributed by atoms with Gasteiger partial charge in [-0.15, -0.1) is 0 Å². The number of benzene rings is 4. The lowest BCUT2D eigenvalue weighted by Crippen LogP contribution is -2.48. The van der Waals surface area contributed by atoms with Crippen molar-refractivity contribution in [1.82, 2.24) is 9.80 Å². The summed E-state index contributed by atoms with van der Waals surface area (Å²) in [6.45, 7) is 6.53. The highest BCUT2D eigenvalue weighted by Crippen LogP contribution is 2.29. The molecule has 0 aromatic heterocycles. The fourth-order valence-electron chi connectivity index (χ4n) is 6.15. The van der Waals surface area contributed by atoms with E-state index in [-0.39, 0.29) is 48.6 Å². The Morgan fingerprint density at radius 1 is 0.960 bits per heavy atom. The van der Waals surface area contributed by atoms with E-state index in [1.165, 1.54) is 0 Å². The summed E-state index contributed by atoms with van der Waals surface area (Å²) in [4.78, 5) is 44.1. The van der Waals surface area contributed by atoms with Crippen LogP contribution < -0.4 is 15.4 Å². The maximum Gasteiger partial charge on any atom is 0.321 e. The first-order valence-electron chi connectivity index (χ1n) is 17.3. The maximum atomic E-state index is 14.4. The molecule has 0 unspecified atom stereocenters. The van der Waals surface area contributed by atoms with Crippen LogP contribution in [0.5, 0.6) is 5.75 Å². The molecule has 4 atom stereocenters. The van der Waals surface area contributed by atoms with E-state index in [0.29, 0.717) is 30.2 Å². The number of ether oxygens (including phenoxy) is 2. The van der Waals surface area contributed by atoms with Crippen LogP contribution in [0, 0.1) is 5.92 Å². The Kier molecular flexibility index (Phi) is 12.5. The van der Waals surface area contributed by atoms with E-state index in [1.807, 2.05) is 62.4 Å². The minimum atomic E-state index is -0.529. The number of fused-ring (bicyclic) bond motifs is 2. The number of aliphatic hydroxyl groups excluding tert-OH is 1. The normalized spacial score (nSPS) is 19.4. The third-order valence-corrected chi connectivity index (χ3v) is 9.18. The number of hydrogen-bond donors (Lipinski definition) is 3. The summed E-state index contributed by atoms with van der Waals surface area (Å²) in [5, 5.41) is 18.2. The van der Waals surface area contributed by atoms with Crippen LogP contribution in [0.3, 0.4) is 0 Å². The molecule has 10 heteroatoms. The number of amides is 4. The summed E-state index contributed by atoms with van der Waals surface area (Å²) in [7, 11) is 1.74. The number of aliphatic hydroxyl groups is 1. The minimum absolute atomic E-state index is 0.184. The molecule has 4 aromatic carbocycles. The van der Waals surface area contributed by atoms with Crippen LogP contribution >= 0.6 is 0 Å². The van der Waals surface area contributed by atoms with Crippen LogP contribution in [0.4, 0.5) is 16.2 Å². The van der Waals surface area contributed by atoms with Crippen LogP contribution in [-0.4, -0.2) is 84.4 Å². The molecule has 10 nitrogen and oxygen atoms in total. The Labute approximate surface area is 294 Å². The standard InChI is InChI=1S/C40H48N4O6/c1-27-24-44(28(2)26-45)39(47)34-23-32(41-38(46)31-15-6-5-7-16-31)20-21-36(34)50-29(3)13-10-11-22-49-37(27)25-43(4)40(48)42-35-19-12-17-30-14-8-9-18-33(30)35/h5-9,12,14-21,23,27-29,37,45H,10-11,13,22,24-26H2,1-4H3,(H,41,46)(H,42,48)/t27-,28-,29+,37-/m1/s1. The van der Waals surface area contributed by atoms with Crippen molar-refractivity contribution in [2.24, 2.45) is 5.92 Å². The number of likely N-dealkylation sites (N-methyl/N-ethyl adjacent to an activating group) is 1. The number of hydrogen-bond acceptors (Lipinski definition) is 6. The molecule has 4 aromatic rings. The van der Waals surface area contributed by atoms with Crippen molar-refractivity contribution < 1.29 is 29.0 Å². The van der Waals surface area contributed by atoms with Gasteiger partial charge in [-0.1, -0.05) is 61.5 Å². The topological polar surface area (TPSA) is 120 Å². The summed E-state index contributed by atoms with van der Waals surface area (Å²) in [5.74, 6) is -0.434. The Bertz CT molecular complexity index is 1760. The Balaban J connectivity index is 1.38. The van der Waals surface area contributed by atoms with Gasteiger partial charge in [-0.3, -0.25) is 9.59 Å². The van der Waals surface area contributed by atoms with Crippen molar-refractivity contribution in [2.75, 3.05) is 44.0 Å². The molecule has 4 amide bonds. The first-order valence-corrected chi connectivity index (χ1v) is 17.3. The zero-order valence-corrected chi connectivity index (χ0v) is 29.3. The van der Waals surface area contributed by atoms with Crippen molar-refractivity contribution in [2.45, 2.75) is 58.3 Å². The number of carbonyl (C=O) groups is 3. The van der Waals surface area contributed by atoms with Gasteiger partial charge < -0.3 is 35.0 Å². The second-order valence-corrected chi connectivity index (χ2v) is 13.2. The SMILES string of the molecule is C[C@@H]1CN([C@H](C)CO)C(=O)c2cc(NC(=O)c3ccccc3)ccc2O[C@@H](C)CCCCO[C@@H]1CN(C)C(=O)Nc1cccc2ccccc12. The van der Waals surface area contributed by atoms with E-state index < -0.39 is 12.1 Å².